The standard InChI is InChI=1S/C21H31N5O3/c1-4-5-19(28)22-16-8-14-10-26(11-15(14)9-18(16)27)12-20-23-24-21(29-20)17-7-6-13(2)25(17)3/h6-7,14-16,18,27H,4-5,8-12H2,1-3H3,(H,22,28)/t14-,15+,16-,18-/m0/s1. The van der Waals surface area contributed by atoms with Gasteiger partial charge < -0.3 is 19.4 Å². The minimum atomic E-state index is -0.465. The molecule has 0 spiro atoms. The van der Waals surface area contributed by atoms with E-state index >= 15 is 0 Å². The Bertz CT molecular complexity index is 860. The van der Waals surface area contributed by atoms with Crippen molar-refractivity contribution in [3.63, 3.8) is 0 Å². The van der Waals surface area contributed by atoms with E-state index in [9.17, 15) is 9.90 Å². The second-order valence-electron chi connectivity index (χ2n) is 8.60. The molecule has 4 atom stereocenters. The average Bonchev–Trinajstić information content (AvgIpc) is 3.36. The van der Waals surface area contributed by atoms with Crippen LogP contribution in [-0.2, 0) is 18.4 Å². The molecule has 2 fully saturated rings. The summed E-state index contributed by atoms with van der Waals surface area (Å²) >= 11 is 0. The number of fused-ring (bicyclic) bond motifs is 1. The normalized spacial score (nSPS) is 27.2. The van der Waals surface area contributed by atoms with Gasteiger partial charge in [0.2, 0.25) is 11.8 Å². The maximum Gasteiger partial charge on any atom is 0.264 e. The van der Waals surface area contributed by atoms with Crippen molar-refractivity contribution in [2.75, 3.05) is 13.1 Å². The Balaban J connectivity index is 1.36. The molecule has 1 saturated heterocycles. The number of aryl methyl sites for hydroxylation is 1. The van der Waals surface area contributed by atoms with Crippen LogP contribution < -0.4 is 5.32 Å². The Labute approximate surface area is 171 Å². The zero-order chi connectivity index (χ0) is 20.5. The maximum absolute atomic E-state index is 11.9. The first-order valence-electron chi connectivity index (χ1n) is 10.6. The van der Waals surface area contributed by atoms with Gasteiger partial charge >= 0.3 is 0 Å². The van der Waals surface area contributed by atoms with Gasteiger partial charge in [-0.25, -0.2) is 0 Å². The average molecular weight is 402 g/mol. The van der Waals surface area contributed by atoms with Crippen molar-refractivity contribution in [1.29, 1.82) is 0 Å². The van der Waals surface area contributed by atoms with Crippen LogP contribution in [0.2, 0.25) is 0 Å². The third kappa shape index (κ3) is 4.23. The molecule has 1 amide bonds. The molecule has 158 valence electrons. The highest BCUT2D eigenvalue weighted by atomic mass is 16.4. The Kier molecular flexibility index (Phi) is 5.74. The van der Waals surface area contributed by atoms with E-state index < -0.39 is 6.10 Å². The van der Waals surface area contributed by atoms with Crippen LogP contribution in [0.5, 0.6) is 0 Å². The lowest BCUT2D eigenvalue weighted by molar-refractivity contribution is -0.123. The molecule has 1 saturated carbocycles. The third-order valence-corrected chi connectivity index (χ3v) is 6.46. The Hall–Kier alpha value is -2.19. The summed E-state index contributed by atoms with van der Waals surface area (Å²) in [7, 11) is 1.99. The van der Waals surface area contributed by atoms with Gasteiger partial charge in [0, 0.05) is 32.3 Å². The molecule has 2 aromatic heterocycles. The summed E-state index contributed by atoms with van der Waals surface area (Å²) < 4.78 is 7.95. The number of likely N-dealkylation sites (tertiary alicyclic amines) is 1. The Morgan fingerprint density at radius 3 is 2.72 bits per heavy atom. The first-order chi connectivity index (χ1) is 13.9. The second-order valence-corrected chi connectivity index (χ2v) is 8.60. The molecule has 0 radical (unpaired) electrons. The van der Waals surface area contributed by atoms with Crippen molar-refractivity contribution in [2.45, 2.75) is 58.2 Å². The lowest BCUT2D eigenvalue weighted by Gasteiger charge is -2.35. The maximum atomic E-state index is 11.9. The quantitative estimate of drug-likeness (QED) is 0.767. The molecule has 1 aliphatic heterocycles. The molecule has 2 aliphatic rings. The molecule has 1 aliphatic carbocycles. The smallest absolute Gasteiger partial charge is 0.264 e. The van der Waals surface area contributed by atoms with E-state index in [2.05, 4.69) is 20.4 Å². The Morgan fingerprint density at radius 1 is 1.28 bits per heavy atom. The molecule has 8 heteroatoms. The van der Waals surface area contributed by atoms with Crippen LogP contribution in [0.1, 0.15) is 44.2 Å². The van der Waals surface area contributed by atoms with E-state index in [0.29, 0.717) is 36.6 Å². The van der Waals surface area contributed by atoms with Crippen LogP contribution in [0.3, 0.4) is 0 Å². The lowest BCUT2D eigenvalue weighted by Crippen LogP contribution is -2.49. The molecule has 3 heterocycles. The van der Waals surface area contributed by atoms with E-state index in [4.69, 9.17) is 4.42 Å². The van der Waals surface area contributed by atoms with Gasteiger partial charge in [0.15, 0.2) is 0 Å². The van der Waals surface area contributed by atoms with Gasteiger partial charge in [-0.3, -0.25) is 9.69 Å². The van der Waals surface area contributed by atoms with E-state index in [0.717, 1.165) is 43.7 Å². The molecule has 8 nitrogen and oxygen atoms in total. The van der Waals surface area contributed by atoms with Crippen LogP contribution in [0.25, 0.3) is 11.6 Å². The number of aromatic nitrogens is 3. The fourth-order valence-electron chi connectivity index (χ4n) is 4.76. The number of carbonyl (C=O) groups is 1. The summed E-state index contributed by atoms with van der Waals surface area (Å²) in [6, 6.07) is 3.89. The van der Waals surface area contributed by atoms with E-state index in [1.165, 1.54) is 0 Å². The largest absolute Gasteiger partial charge is 0.418 e. The zero-order valence-corrected chi connectivity index (χ0v) is 17.5. The minimum Gasteiger partial charge on any atom is -0.418 e. The first-order valence-corrected chi connectivity index (χ1v) is 10.6. The number of hydrogen-bond donors (Lipinski definition) is 2. The van der Waals surface area contributed by atoms with Crippen molar-refractivity contribution in [3.05, 3.63) is 23.7 Å². The molecule has 2 aromatic rings. The SMILES string of the molecule is CCCC(=O)N[C@H]1C[C@H]2CN(Cc3nnc(-c4ccc(C)n4C)o3)C[C@H]2C[C@@H]1O. The number of amides is 1. The fraction of sp³-hybridized carbons (Fsp3) is 0.667. The number of nitrogens with zero attached hydrogens (tertiary/aromatic N) is 4. The highest BCUT2D eigenvalue weighted by Crippen LogP contribution is 2.37. The summed E-state index contributed by atoms with van der Waals surface area (Å²) in [5.74, 6) is 2.12. The van der Waals surface area contributed by atoms with Gasteiger partial charge in [-0.05, 0) is 50.2 Å². The molecular weight excluding hydrogens is 370 g/mol. The Morgan fingerprint density at radius 2 is 2.03 bits per heavy atom. The van der Waals surface area contributed by atoms with Crippen molar-refractivity contribution in [2.24, 2.45) is 18.9 Å². The molecule has 4 rings (SSSR count). The number of carbonyl (C=O) groups excluding carboxylic acids is 1. The molecule has 0 aromatic carbocycles. The van der Waals surface area contributed by atoms with Crippen LogP contribution >= 0.6 is 0 Å². The van der Waals surface area contributed by atoms with Crippen LogP contribution in [0.4, 0.5) is 0 Å². The number of aliphatic hydroxyl groups is 1. The summed E-state index contributed by atoms with van der Waals surface area (Å²) in [5, 5.41) is 22.0. The van der Waals surface area contributed by atoms with Gasteiger partial charge in [0.05, 0.1) is 18.7 Å². The van der Waals surface area contributed by atoms with Crippen LogP contribution in [-0.4, -0.2) is 55.9 Å². The summed E-state index contributed by atoms with van der Waals surface area (Å²) in [4.78, 5) is 14.3. The predicted molar refractivity (Wildman–Crippen MR) is 108 cm³/mol. The second kappa shape index (κ2) is 8.28. The summed E-state index contributed by atoms with van der Waals surface area (Å²) in [6.07, 6.45) is 2.44. The fourth-order valence-corrected chi connectivity index (χ4v) is 4.76. The van der Waals surface area contributed by atoms with E-state index in [1.54, 1.807) is 0 Å². The highest BCUT2D eigenvalue weighted by Gasteiger charge is 2.42. The number of rotatable bonds is 6. The topological polar surface area (TPSA) is 96.4 Å². The van der Waals surface area contributed by atoms with Gasteiger partial charge in [-0.1, -0.05) is 6.92 Å². The summed E-state index contributed by atoms with van der Waals surface area (Å²) in [6.45, 7) is 6.49. The van der Waals surface area contributed by atoms with Crippen LogP contribution in [0.15, 0.2) is 16.5 Å². The van der Waals surface area contributed by atoms with Gasteiger partial charge in [-0.15, -0.1) is 10.2 Å². The van der Waals surface area contributed by atoms with Crippen molar-refractivity contribution >= 4 is 5.91 Å². The van der Waals surface area contributed by atoms with Gasteiger partial charge in [0.1, 0.15) is 5.69 Å². The zero-order valence-electron chi connectivity index (χ0n) is 17.5. The van der Waals surface area contributed by atoms with Gasteiger partial charge in [-0.2, -0.15) is 0 Å². The highest BCUT2D eigenvalue weighted by molar-refractivity contribution is 5.76. The van der Waals surface area contributed by atoms with Crippen molar-refractivity contribution in [3.8, 4) is 11.6 Å². The first kappa shape index (κ1) is 20.1. The van der Waals surface area contributed by atoms with E-state index in [-0.39, 0.29) is 11.9 Å². The van der Waals surface area contributed by atoms with Crippen molar-refractivity contribution in [1.82, 2.24) is 25.0 Å². The predicted octanol–water partition coefficient (Wildman–Crippen LogP) is 1.87. The monoisotopic (exact) mass is 401 g/mol. The van der Waals surface area contributed by atoms with Crippen molar-refractivity contribution < 1.29 is 14.3 Å². The number of hydrogen-bond acceptors (Lipinski definition) is 6. The summed E-state index contributed by atoms with van der Waals surface area (Å²) in [5.41, 5.74) is 2.06. The third-order valence-electron chi connectivity index (χ3n) is 6.46. The van der Waals surface area contributed by atoms with Crippen LogP contribution in [0, 0.1) is 18.8 Å². The molecule has 2 N–H and O–H groups in total. The lowest BCUT2D eigenvalue weighted by atomic mass is 9.77. The number of aliphatic hydroxyl groups excluding tert-OH is 1. The minimum absolute atomic E-state index is 0.0409. The molecule has 0 unspecified atom stereocenters. The van der Waals surface area contributed by atoms with Gasteiger partial charge in [0.25, 0.3) is 5.89 Å². The van der Waals surface area contributed by atoms with E-state index in [1.807, 2.05) is 37.6 Å². The molecular formula is C21H31N5O3. The molecule has 0 bridgehead atoms. The molecule has 29 heavy (non-hydrogen) atoms. The number of nitrogens with one attached hydrogen (secondary N) is 1.